The molecule has 0 bridgehead atoms. The molecule has 3 heteroatoms. The largest absolute Gasteiger partial charge is 0.350 e. The maximum atomic E-state index is 14.0. The Kier molecular flexibility index (Phi) is 5.13. The van der Waals surface area contributed by atoms with Crippen molar-refractivity contribution >= 4 is 0 Å². The Bertz CT molecular complexity index is 895. The molecule has 0 fully saturated rings. The van der Waals surface area contributed by atoms with E-state index in [1.165, 1.54) is 22.9 Å². The normalized spacial score (nSPS) is 17.7. The lowest BCUT2D eigenvalue weighted by molar-refractivity contribution is 0.220. The summed E-state index contributed by atoms with van der Waals surface area (Å²) in [6.45, 7) is 7.31. The molecule has 2 heterocycles. The number of nitrogens with zero attached hydrogens (tertiary/aromatic N) is 2. The second-order valence-electron chi connectivity index (χ2n) is 7.80. The van der Waals surface area contributed by atoms with Crippen LogP contribution in [0.15, 0.2) is 66.9 Å². The summed E-state index contributed by atoms with van der Waals surface area (Å²) in [5.74, 6) is 0.372. The molecule has 0 N–H and O–H groups in total. The lowest BCUT2D eigenvalue weighted by Crippen LogP contribution is -2.29. The minimum absolute atomic E-state index is 0.0722. The molecule has 1 atom stereocenters. The smallest absolute Gasteiger partial charge is 0.123 e. The van der Waals surface area contributed by atoms with Crippen molar-refractivity contribution in [2.75, 3.05) is 6.54 Å². The molecule has 0 aliphatic carbocycles. The van der Waals surface area contributed by atoms with E-state index in [-0.39, 0.29) is 11.9 Å². The van der Waals surface area contributed by atoms with Crippen LogP contribution in [-0.2, 0) is 13.1 Å². The third-order valence-corrected chi connectivity index (χ3v) is 5.55. The Balaban J connectivity index is 1.68. The molecule has 3 aromatic rings. The molecule has 27 heavy (non-hydrogen) atoms. The van der Waals surface area contributed by atoms with Crippen LogP contribution < -0.4 is 0 Å². The van der Waals surface area contributed by atoms with E-state index in [9.17, 15) is 4.39 Å². The van der Waals surface area contributed by atoms with E-state index in [1.54, 1.807) is 6.07 Å². The lowest BCUT2D eigenvalue weighted by Gasteiger charge is -2.31. The van der Waals surface area contributed by atoms with Crippen molar-refractivity contribution in [1.82, 2.24) is 9.47 Å². The van der Waals surface area contributed by atoms with Crippen molar-refractivity contribution in [2.45, 2.75) is 45.3 Å². The predicted molar refractivity (Wildman–Crippen MR) is 108 cm³/mol. The first-order chi connectivity index (χ1) is 13.1. The molecule has 2 nitrogen and oxygen atoms in total. The first kappa shape index (κ1) is 18.0. The summed E-state index contributed by atoms with van der Waals surface area (Å²) in [6, 6.07) is 20.4. The van der Waals surface area contributed by atoms with Gasteiger partial charge in [0, 0.05) is 31.5 Å². The average Bonchev–Trinajstić information content (AvgIpc) is 3.03. The first-order valence-electron chi connectivity index (χ1n) is 9.85. The molecule has 0 saturated carbocycles. The van der Waals surface area contributed by atoms with Gasteiger partial charge in [0.05, 0.1) is 6.04 Å². The van der Waals surface area contributed by atoms with Crippen LogP contribution in [0.1, 0.15) is 54.6 Å². The zero-order valence-corrected chi connectivity index (χ0v) is 16.1. The molecule has 0 saturated heterocycles. The number of benzene rings is 2. The van der Waals surface area contributed by atoms with E-state index in [4.69, 9.17) is 0 Å². The summed E-state index contributed by atoms with van der Waals surface area (Å²) in [5, 5.41) is 0. The highest BCUT2D eigenvalue weighted by molar-refractivity contribution is 5.31. The van der Waals surface area contributed by atoms with E-state index >= 15 is 0 Å². The quantitative estimate of drug-likeness (QED) is 0.574. The van der Waals surface area contributed by atoms with Gasteiger partial charge in [-0.15, -0.1) is 0 Å². The summed E-state index contributed by atoms with van der Waals surface area (Å²) in [4.78, 5) is 2.48. The molecule has 140 valence electrons. The van der Waals surface area contributed by atoms with Gasteiger partial charge in [-0.3, -0.25) is 4.90 Å². The van der Waals surface area contributed by atoms with Crippen LogP contribution in [0.3, 0.4) is 0 Å². The number of fused-ring (bicyclic) bond motifs is 1. The van der Waals surface area contributed by atoms with Crippen LogP contribution in [-0.4, -0.2) is 16.0 Å². The third-order valence-electron chi connectivity index (χ3n) is 5.55. The average molecular weight is 362 g/mol. The zero-order chi connectivity index (χ0) is 18.8. The minimum atomic E-state index is -0.170. The number of aromatic nitrogens is 1. The number of aryl methyl sites for hydroxylation is 1. The van der Waals surface area contributed by atoms with Crippen LogP contribution in [0.25, 0.3) is 0 Å². The van der Waals surface area contributed by atoms with E-state index in [1.807, 2.05) is 12.1 Å². The van der Waals surface area contributed by atoms with Crippen molar-refractivity contribution in [3.8, 4) is 0 Å². The number of halogens is 1. The SMILES string of the molecule is CC(C)c1ccc(CN2CCCn3cccc3[C@@H]2c2cccc(F)c2)cc1. The second kappa shape index (κ2) is 7.69. The summed E-state index contributed by atoms with van der Waals surface area (Å²) in [6.07, 6.45) is 3.24. The highest BCUT2D eigenvalue weighted by Crippen LogP contribution is 2.33. The maximum Gasteiger partial charge on any atom is 0.123 e. The summed E-state index contributed by atoms with van der Waals surface area (Å²) >= 11 is 0. The molecule has 0 unspecified atom stereocenters. The fourth-order valence-corrected chi connectivity index (χ4v) is 4.11. The molecule has 1 aromatic heterocycles. The Morgan fingerprint density at radius 1 is 1.00 bits per heavy atom. The lowest BCUT2D eigenvalue weighted by atomic mass is 9.99. The van der Waals surface area contributed by atoms with E-state index in [0.29, 0.717) is 5.92 Å². The van der Waals surface area contributed by atoms with Gasteiger partial charge in [0.15, 0.2) is 0 Å². The Morgan fingerprint density at radius 2 is 1.81 bits per heavy atom. The predicted octanol–water partition coefficient (Wildman–Crippen LogP) is 5.75. The molecule has 1 aliphatic heterocycles. The van der Waals surface area contributed by atoms with Crippen LogP contribution >= 0.6 is 0 Å². The zero-order valence-electron chi connectivity index (χ0n) is 16.1. The Hall–Kier alpha value is -2.39. The molecule has 0 amide bonds. The van der Waals surface area contributed by atoms with Gasteiger partial charge in [0.1, 0.15) is 5.82 Å². The van der Waals surface area contributed by atoms with E-state index < -0.39 is 0 Å². The maximum absolute atomic E-state index is 14.0. The van der Waals surface area contributed by atoms with Crippen LogP contribution in [0, 0.1) is 5.82 Å². The minimum Gasteiger partial charge on any atom is -0.350 e. The van der Waals surface area contributed by atoms with Crippen LogP contribution in [0.2, 0.25) is 0 Å². The number of hydrogen-bond donors (Lipinski definition) is 0. The van der Waals surface area contributed by atoms with E-state index in [0.717, 1.165) is 31.6 Å². The van der Waals surface area contributed by atoms with Crippen molar-refractivity contribution in [2.24, 2.45) is 0 Å². The van der Waals surface area contributed by atoms with Gasteiger partial charge in [-0.05, 0) is 53.3 Å². The van der Waals surface area contributed by atoms with Crippen molar-refractivity contribution < 1.29 is 4.39 Å². The van der Waals surface area contributed by atoms with Crippen LogP contribution in [0.4, 0.5) is 4.39 Å². The topological polar surface area (TPSA) is 8.17 Å². The Labute approximate surface area is 161 Å². The molecule has 2 aromatic carbocycles. The van der Waals surface area contributed by atoms with Gasteiger partial charge >= 0.3 is 0 Å². The fourth-order valence-electron chi connectivity index (χ4n) is 4.11. The fraction of sp³-hybridized carbons (Fsp3) is 0.333. The monoisotopic (exact) mass is 362 g/mol. The molecular weight excluding hydrogens is 335 g/mol. The highest BCUT2D eigenvalue weighted by Gasteiger charge is 2.27. The van der Waals surface area contributed by atoms with Gasteiger partial charge in [0.25, 0.3) is 0 Å². The molecular formula is C24H27FN2. The third kappa shape index (κ3) is 3.84. The molecule has 0 spiro atoms. The van der Waals surface area contributed by atoms with Gasteiger partial charge in [-0.1, -0.05) is 50.2 Å². The second-order valence-corrected chi connectivity index (χ2v) is 7.80. The standard InChI is InChI=1S/C24H27FN2/c1-18(2)20-11-9-19(10-12-20)17-27-15-5-14-26-13-4-8-23(26)24(27)21-6-3-7-22(25)16-21/h3-4,6-13,16,18,24H,5,14-15,17H2,1-2H3/t24-/m0/s1. The van der Waals surface area contributed by atoms with Crippen molar-refractivity contribution in [1.29, 1.82) is 0 Å². The number of rotatable bonds is 4. The highest BCUT2D eigenvalue weighted by atomic mass is 19.1. The first-order valence-corrected chi connectivity index (χ1v) is 9.85. The van der Waals surface area contributed by atoms with Gasteiger partial charge in [-0.2, -0.15) is 0 Å². The van der Waals surface area contributed by atoms with Crippen LogP contribution in [0.5, 0.6) is 0 Å². The molecule has 0 radical (unpaired) electrons. The molecule has 4 rings (SSSR count). The van der Waals surface area contributed by atoms with Crippen molar-refractivity contribution in [3.05, 3.63) is 95.1 Å². The van der Waals surface area contributed by atoms with Crippen molar-refractivity contribution in [3.63, 3.8) is 0 Å². The van der Waals surface area contributed by atoms with Gasteiger partial charge < -0.3 is 4.57 Å². The summed E-state index contributed by atoms with van der Waals surface area (Å²) in [5.41, 5.74) is 4.94. The Morgan fingerprint density at radius 3 is 2.56 bits per heavy atom. The van der Waals surface area contributed by atoms with Gasteiger partial charge in [0.2, 0.25) is 0 Å². The molecule has 1 aliphatic rings. The summed E-state index contributed by atoms with van der Waals surface area (Å²) < 4.78 is 16.3. The summed E-state index contributed by atoms with van der Waals surface area (Å²) in [7, 11) is 0. The van der Waals surface area contributed by atoms with Gasteiger partial charge in [-0.25, -0.2) is 4.39 Å². The van der Waals surface area contributed by atoms with E-state index in [2.05, 4.69) is 65.9 Å². The number of hydrogen-bond acceptors (Lipinski definition) is 1.